The number of hydrogen-bond acceptors (Lipinski definition) is 1. The first-order valence-corrected chi connectivity index (χ1v) is 9.32. The third-order valence-electron chi connectivity index (χ3n) is 4.91. The van der Waals surface area contributed by atoms with Crippen LogP contribution in [0.5, 0.6) is 0 Å². The highest BCUT2D eigenvalue weighted by molar-refractivity contribution is 5.76. The first-order valence-electron chi connectivity index (χ1n) is 9.32. The van der Waals surface area contributed by atoms with Crippen LogP contribution in [0.25, 0.3) is 0 Å². The molecule has 25 heavy (non-hydrogen) atoms. The highest BCUT2D eigenvalue weighted by atomic mass is 16.2. The zero-order chi connectivity index (χ0) is 17.3. The van der Waals surface area contributed by atoms with Gasteiger partial charge in [0.05, 0.1) is 39.1 Å². The number of benzene rings is 2. The van der Waals surface area contributed by atoms with Crippen molar-refractivity contribution in [2.75, 3.05) is 32.7 Å². The normalized spacial score (nSPS) is 15.3. The maximum absolute atomic E-state index is 12.4. The van der Waals surface area contributed by atoms with Crippen LogP contribution < -0.4 is 10.2 Å². The van der Waals surface area contributed by atoms with Gasteiger partial charge in [-0.05, 0) is 0 Å². The van der Waals surface area contributed by atoms with Crippen LogP contribution in [-0.4, -0.2) is 43.5 Å². The quantitative estimate of drug-likeness (QED) is 0.689. The third-order valence-corrected chi connectivity index (χ3v) is 4.91. The summed E-state index contributed by atoms with van der Waals surface area (Å²) in [6.07, 6.45) is 0.640. The minimum absolute atomic E-state index is 0.308. The molecule has 4 heteroatoms. The molecular formula is C21H29N3O+2. The van der Waals surface area contributed by atoms with E-state index in [9.17, 15) is 4.79 Å². The molecule has 1 fully saturated rings. The van der Waals surface area contributed by atoms with Crippen molar-refractivity contribution < 1.29 is 15.0 Å². The van der Waals surface area contributed by atoms with Crippen LogP contribution >= 0.6 is 0 Å². The van der Waals surface area contributed by atoms with Gasteiger partial charge in [-0.25, -0.2) is 0 Å². The molecule has 1 heterocycles. The molecule has 1 aliphatic rings. The van der Waals surface area contributed by atoms with Crippen LogP contribution in [0.4, 0.5) is 0 Å². The lowest BCUT2D eigenvalue weighted by Crippen LogP contribution is -3.13. The van der Waals surface area contributed by atoms with E-state index in [4.69, 9.17) is 0 Å². The van der Waals surface area contributed by atoms with E-state index in [0.717, 1.165) is 45.8 Å². The molecule has 0 unspecified atom stereocenters. The molecule has 0 aromatic heterocycles. The Balaban J connectivity index is 1.33. The Morgan fingerprint density at radius 2 is 1.52 bits per heavy atom. The van der Waals surface area contributed by atoms with Crippen molar-refractivity contribution in [3.8, 4) is 0 Å². The Labute approximate surface area is 150 Å². The van der Waals surface area contributed by atoms with Crippen molar-refractivity contribution in [1.82, 2.24) is 4.90 Å². The summed E-state index contributed by atoms with van der Waals surface area (Å²) in [4.78, 5) is 16.0. The molecule has 4 nitrogen and oxygen atoms in total. The van der Waals surface area contributed by atoms with E-state index in [2.05, 4.69) is 59.9 Å². The Morgan fingerprint density at radius 1 is 0.920 bits per heavy atom. The number of piperazine rings is 1. The van der Waals surface area contributed by atoms with E-state index in [0.29, 0.717) is 12.3 Å². The van der Waals surface area contributed by atoms with Gasteiger partial charge < -0.3 is 15.1 Å². The SMILES string of the molecule is O=C(CC[NH2+]Cc1ccccc1)N1CC[NH+](Cc2ccccc2)CC1. The van der Waals surface area contributed by atoms with Crippen LogP contribution in [0, 0.1) is 0 Å². The first-order chi connectivity index (χ1) is 12.3. The highest BCUT2D eigenvalue weighted by Crippen LogP contribution is 1.98. The van der Waals surface area contributed by atoms with Crippen molar-refractivity contribution in [3.05, 3.63) is 71.8 Å². The maximum atomic E-state index is 12.4. The second-order valence-corrected chi connectivity index (χ2v) is 6.81. The number of rotatable bonds is 7. The third kappa shape index (κ3) is 5.69. The number of carbonyl (C=O) groups is 1. The van der Waals surface area contributed by atoms with Crippen LogP contribution in [0.3, 0.4) is 0 Å². The van der Waals surface area contributed by atoms with Gasteiger partial charge in [0.2, 0.25) is 5.91 Å². The largest absolute Gasteiger partial charge is 0.342 e. The molecule has 0 radical (unpaired) electrons. The molecule has 0 bridgehead atoms. The molecule has 3 N–H and O–H groups in total. The van der Waals surface area contributed by atoms with E-state index in [1.54, 1.807) is 4.90 Å². The van der Waals surface area contributed by atoms with Crippen LogP contribution in [0.2, 0.25) is 0 Å². The number of carbonyl (C=O) groups excluding carboxylic acids is 1. The van der Waals surface area contributed by atoms with Crippen molar-refractivity contribution in [2.24, 2.45) is 0 Å². The first kappa shape index (κ1) is 17.6. The van der Waals surface area contributed by atoms with E-state index < -0.39 is 0 Å². The second-order valence-electron chi connectivity index (χ2n) is 6.81. The molecule has 0 spiro atoms. The van der Waals surface area contributed by atoms with Crippen LogP contribution in [0.15, 0.2) is 60.7 Å². The number of quaternary nitrogens is 2. The molecule has 0 atom stereocenters. The minimum Gasteiger partial charge on any atom is -0.342 e. The van der Waals surface area contributed by atoms with E-state index in [1.807, 2.05) is 11.0 Å². The monoisotopic (exact) mass is 339 g/mol. The van der Waals surface area contributed by atoms with Gasteiger partial charge in [0.15, 0.2) is 0 Å². The van der Waals surface area contributed by atoms with Crippen LogP contribution in [0.1, 0.15) is 17.5 Å². The molecule has 2 aromatic rings. The molecule has 0 aliphatic carbocycles. The summed E-state index contributed by atoms with van der Waals surface area (Å²) >= 11 is 0. The smallest absolute Gasteiger partial charge is 0.228 e. The minimum atomic E-state index is 0.308. The van der Waals surface area contributed by atoms with Gasteiger partial charge in [0.1, 0.15) is 13.1 Å². The summed E-state index contributed by atoms with van der Waals surface area (Å²) in [7, 11) is 0. The fourth-order valence-corrected chi connectivity index (χ4v) is 3.40. The zero-order valence-electron chi connectivity index (χ0n) is 14.9. The van der Waals surface area contributed by atoms with Crippen molar-refractivity contribution >= 4 is 5.91 Å². The average Bonchev–Trinajstić information content (AvgIpc) is 2.67. The van der Waals surface area contributed by atoms with Gasteiger partial charge in [-0.3, -0.25) is 4.79 Å². The number of nitrogens with two attached hydrogens (primary N) is 1. The van der Waals surface area contributed by atoms with Crippen molar-refractivity contribution in [2.45, 2.75) is 19.5 Å². The fourth-order valence-electron chi connectivity index (χ4n) is 3.40. The molecule has 0 saturated carbocycles. The topological polar surface area (TPSA) is 41.4 Å². The summed E-state index contributed by atoms with van der Waals surface area (Å²) in [6.45, 7) is 6.75. The molecule has 1 saturated heterocycles. The van der Waals surface area contributed by atoms with E-state index in [1.165, 1.54) is 11.1 Å². The molecule has 1 aliphatic heterocycles. The number of nitrogens with one attached hydrogen (secondary N) is 1. The maximum Gasteiger partial charge on any atom is 0.228 e. The Morgan fingerprint density at radius 3 is 2.16 bits per heavy atom. The lowest BCUT2D eigenvalue weighted by atomic mass is 10.2. The molecular weight excluding hydrogens is 310 g/mol. The van der Waals surface area contributed by atoms with E-state index >= 15 is 0 Å². The van der Waals surface area contributed by atoms with Gasteiger partial charge in [-0.1, -0.05) is 60.7 Å². The standard InChI is InChI=1S/C21H27N3O/c25-21(11-12-22-17-19-7-3-1-4-8-19)24-15-13-23(14-16-24)18-20-9-5-2-6-10-20/h1-10,22H,11-18H2/p+2. The van der Waals surface area contributed by atoms with Crippen LogP contribution in [-0.2, 0) is 17.9 Å². The lowest BCUT2D eigenvalue weighted by molar-refractivity contribution is -0.917. The summed E-state index contributed by atoms with van der Waals surface area (Å²) in [5, 5.41) is 2.23. The Bertz CT molecular complexity index is 637. The summed E-state index contributed by atoms with van der Waals surface area (Å²) < 4.78 is 0. The lowest BCUT2D eigenvalue weighted by Gasteiger charge is -2.32. The Kier molecular flexibility index (Phi) is 6.60. The zero-order valence-corrected chi connectivity index (χ0v) is 14.9. The molecule has 2 aromatic carbocycles. The number of nitrogens with zero attached hydrogens (tertiary/aromatic N) is 1. The predicted molar refractivity (Wildman–Crippen MR) is 99.0 cm³/mol. The highest BCUT2D eigenvalue weighted by Gasteiger charge is 2.23. The number of hydrogen-bond donors (Lipinski definition) is 2. The summed E-state index contributed by atoms with van der Waals surface area (Å²) in [5.41, 5.74) is 2.70. The summed E-state index contributed by atoms with van der Waals surface area (Å²) in [6, 6.07) is 21.1. The van der Waals surface area contributed by atoms with Gasteiger partial charge >= 0.3 is 0 Å². The second kappa shape index (κ2) is 9.35. The van der Waals surface area contributed by atoms with Gasteiger partial charge in [-0.2, -0.15) is 0 Å². The number of amides is 1. The molecule has 1 amide bonds. The molecule has 132 valence electrons. The Hall–Kier alpha value is -2.17. The fraction of sp³-hybridized carbons (Fsp3) is 0.381. The van der Waals surface area contributed by atoms with E-state index in [-0.39, 0.29) is 0 Å². The molecule has 3 rings (SSSR count). The summed E-state index contributed by atoms with van der Waals surface area (Å²) in [5.74, 6) is 0.308. The van der Waals surface area contributed by atoms with Gasteiger partial charge in [0, 0.05) is 11.1 Å². The van der Waals surface area contributed by atoms with Crippen molar-refractivity contribution in [1.29, 1.82) is 0 Å². The predicted octanol–water partition coefficient (Wildman–Crippen LogP) is 0.0674. The van der Waals surface area contributed by atoms with Gasteiger partial charge in [-0.15, -0.1) is 0 Å². The van der Waals surface area contributed by atoms with Gasteiger partial charge in [0.25, 0.3) is 0 Å². The van der Waals surface area contributed by atoms with Crippen molar-refractivity contribution in [3.63, 3.8) is 0 Å². The average molecular weight is 339 g/mol.